The topological polar surface area (TPSA) is 86.6 Å². The van der Waals surface area contributed by atoms with Crippen LogP contribution in [0.5, 0.6) is 5.75 Å². The van der Waals surface area contributed by atoms with Gasteiger partial charge in [-0.1, -0.05) is 35.9 Å². The zero-order valence-electron chi connectivity index (χ0n) is 13.5. The number of carboxylic acids is 1. The minimum absolute atomic E-state index is 0.158. The van der Waals surface area contributed by atoms with E-state index in [1.165, 1.54) is 18.7 Å². The fourth-order valence-corrected chi connectivity index (χ4v) is 3.72. The first kappa shape index (κ1) is 19.1. The summed E-state index contributed by atoms with van der Waals surface area (Å²) in [4.78, 5) is 22.5. The van der Waals surface area contributed by atoms with E-state index in [2.05, 4.69) is 5.32 Å². The van der Waals surface area contributed by atoms with Crippen LogP contribution in [-0.4, -0.2) is 33.9 Å². The average molecular weight is 380 g/mol. The summed E-state index contributed by atoms with van der Waals surface area (Å²) in [5.74, 6) is -1.11. The number of carboxylic acid groups (broad SMARTS) is 1. The van der Waals surface area contributed by atoms with E-state index in [0.29, 0.717) is 5.02 Å². The predicted octanol–water partition coefficient (Wildman–Crippen LogP) is 3.46. The number of carbonyl (C=O) groups is 2. The molecule has 0 unspecified atom stereocenters. The number of benzene rings is 2. The van der Waals surface area contributed by atoms with Gasteiger partial charge in [-0.05, 0) is 35.4 Å². The smallest absolute Gasteiger partial charge is 0.327 e. The summed E-state index contributed by atoms with van der Waals surface area (Å²) < 4.78 is 0. The van der Waals surface area contributed by atoms with Gasteiger partial charge in [-0.2, -0.15) is 0 Å². The van der Waals surface area contributed by atoms with Gasteiger partial charge >= 0.3 is 5.97 Å². The van der Waals surface area contributed by atoms with Crippen molar-refractivity contribution in [2.45, 2.75) is 18.2 Å². The number of nitrogens with one attached hydrogen (secondary N) is 1. The Balaban J connectivity index is 2.25. The summed E-state index contributed by atoms with van der Waals surface area (Å²) >= 11 is 7.34. The molecule has 3 N–H and O–H groups in total. The van der Waals surface area contributed by atoms with Crippen LogP contribution in [-0.2, 0) is 9.59 Å². The van der Waals surface area contributed by atoms with Crippen LogP contribution >= 0.6 is 23.4 Å². The number of amides is 1. The fourth-order valence-electron chi connectivity index (χ4n) is 2.28. The fraction of sp³-hybridized carbons (Fsp3) is 0.222. The Labute approximate surface area is 155 Å². The summed E-state index contributed by atoms with van der Waals surface area (Å²) in [7, 11) is 0. The highest BCUT2D eigenvalue weighted by atomic mass is 35.5. The number of rotatable bonds is 7. The maximum atomic E-state index is 11.3. The number of phenolic OH excluding ortho intramolecular Hbond substituents is 1. The third-order valence-corrected chi connectivity index (χ3v) is 5.13. The van der Waals surface area contributed by atoms with Crippen molar-refractivity contribution >= 4 is 35.2 Å². The third-order valence-electron chi connectivity index (χ3n) is 3.47. The number of hydrogen-bond donors (Lipinski definition) is 3. The number of aliphatic carboxylic acids is 1. The second kappa shape index (κ2) is 8.78. The summed E-state index contributed by atoms with van der Waals surface area (Å²) in [6.45, 7) is 1.29. The van der Waals surface area contributed by atoms with Crippen molar-refractivity contribution in [3.05, 3.63) is 64.7 Å². The molecule has 0 bridgehead atoms. The van der Waals surface area contributed by atoms with Gasteiger partial charge in [0.25, 0.3) is 0 Å². The largest absolute Gasteiger partial charge is 0.508 e. The quantitative estimate of drug-likeness (QED) is 0.685. The van der Waals surface area contributed by atoms with Crippen LogP contribution in [0.25, 0.3) is 0 Å². The molecule has 0 aromatic heterocycles. The molecule has 0 spiro atoms. The standard InChI is InChI=1S/C18H18ClNO4S/c1-11(21)20-16(18(23)24)10-25-17(12-2-6-14(19)7-3-12)13-4-8-15(22)9-5-13/h2-9,16-17,22H,10H2,1H3,(H,20,21)(H,23,24)/t16-,17-/m0/s1. The molecule has 2 atom stereocenters. The van der Waals surface area contributed by atoms with Gasteiger partial charge in [0.05, 0.1) is 5.25 Å². The van der Waals surface area contributed by atoms with Crippen LogP contribution < -0.4 is 5.32 Å². The Kier molecular flexibility index (Phi) is 6.73. The molecule has 0 radical (unpaired) electrons. The van der Waals surface area contributed by atoms with Crippen LogP contribution in [0, 0.1) is 0 Å². The lowest BCUT2D eigenvalue weighted by Gasteiger charge is -2.20. The van der Waals surface area contributed by atoms with Gasteiger partial charge in [0.15, 0.2) is 0 Å². The van der Waals surface area contributed by atoms with E-state index >= 15 is 0 Å². The number of aromatic hydroxyl groups is 1. The van der Waals surface area contributed by atoms with Gasteiger partial charge in [0.2, 0.25) is 5.91 Å². The van der Waals surface area contributed by atoms with Gasteiger partial charge in [-0.3, -0.25) is 4.79 Å². The van der Waals surface area contributed by atoms with Crippen LogP contribution in [0.15, 0.2) is 48.5 Å². The van der Waals surface area contributed by atoms with E-state index in [-0.39, 0.29) is 22.7 Å². The zero-order chi connectivity index (χ0) is 18.4. The molecule has 0 fully saturated rings. The lowest BCUT2D eigenvalue weighted by molar-refractivity contribution is -0.140. The SMILES string of the molecule is CC(=O)N[C@@H](CS[C@H](c1ccc(O)cc1)c1ccc(Cl)cc1)C(=O)O. The van der Waals surface area contributed by atoms with Crippen LogP contribution in [0.3, 0.4) is 0 Å². The average Bonchev–Trinajstić information content (AvgIpc) is 2.56. The minimum atomic E-state index is -1.08. The van der Waals surface area contributed by atoms with E-state index in [1.54, 1.807) is 36.4 Å². The van der Waals surface area contributed by atoms with E-state index in [1.807, 2.05) is 12.1 Å². The summed E-state index contributed by atoms with van der Waals surface area (Å²) in [6, 6.07) is 13.1. The Morgan fingerprint density at radius 2 is 1.60 bits per heavy atom. The maximum Gasteiger partial charge on any atom is 0.327 e. The number of thioether (sulfide) groups is 1. The van der Waals surface area contributed by atoms with Gasteiger partial charge < -0.3 is 15.5 Å². The Morgan fingerprint density at radius 1 is 1.08 bits per heavy atom. The predicted molar refractivity (Wildman–Crippen MR) is 99.1 cm³/mol. The summed E-state index contributed by atoms with van der Waals surface area (Å²) in [6.07, 6.45) is 0. The maximum absolute atomic E-state index is 11.3. The van der Waals surface area contributed by atoms with Crippen molar-refractivity contribution in [1.82, 2.24) is 5.32 Å². The molecule has 0 aliphatic rings. The van der Waals surface area contributed by atoms with Crippen molar-refractivity contribution < 1.29 is 19.8 Å². The second-order valence-corrected chi connectivity index (χ2v) is 7.02. The van der Waals surface area contributed by atoms with Crippen molar-refractivity contribution in [2.24, 2.45) is 0 Å². The Morgan fingerprint density at radius 3 is 2.08 bits per heavy atom. The molecule has 0 aliphatic heterocycles. The highest BCUT2D eigenvalue weighted by Crippen LogP contribution is 2.37. The van der Waals surface area contributed by atoms with Crippen LogP contribution in [0.1, 0.15) is 23.3 Å². The second-order valence-electron chi connectivity index (χ2n) is 5.45. The molecule has 0 heterocycles. The van der Waals surface area contributed by atoms with Gasteiger partial charge in [-0.25, -0.2) is 4.79 Å². The molecular weight excluding hydrogens is 362 g/mol. The van der Waals surface area contributed by atoms with Crippen molar-refractivity contribution in [3.8, 4) is 5.75 Å². The number of halogens is 1. The van der Waals surface area contributed by atoms with Crippen molar-refractivity contribution in [2.75, 3.05) is 5.75 Å². The van der Waals surface area contributed by atoms with Crippen molar-refractivity contribution in [3.63, 3.8) is 0 Å². The summed E-state index contributed by atoms with van der Waals surface area (Å²) in [5.41, 5.74) is 1.86. The molecular formula is C18H18ClNO4S. The molecule has 0 aliphatic carbocycles. The lowest BCUT2D eigenvalue weighted by atomic mass is 10.0. The number of hydrogen-bond acceptors (Lipinski definition) is 4. The zero-order valence-corrected chi connectivity index (χ0v) is 15.1. The van der Waals surface area contributed by atoms with E-state index in [4.69, 9.17) is 11.6 Å². The van der Waals surface area contributed by atoms with Gasteiger partial charge in [-0.15, -0.1) is 11.8 Å². The Bertz CT molecular complexity index is 688. The molecule has 7 heteroatoms. The molecule has 0 saturated heterocycles. The van der Waals surface area contributed by atoms with Crippen LogP contribution in [0.2, 0.25) is 5.02 Å². The highest BCUT2D eigenvalue weighted by molar-refractivity contribution is 7.99. The van der Waals surface area contributed by atoms with Crippen LogP contribution in [0.4, 0.5) is 0 Å². The first-order valence-corrected chi connectivity index (χ1v) is 8.95. The molecule has 25 heavy (non-hydrogen) atoms. The monoisotopic (exact) mass is 379 g/mol. The highest BCUT2D eigenvalue weighted by Gasteiger charge is 2.22. The van der Waals surface area contributed by atoms with Crippen molar-refractivity contribution in [1.29, 1.82) is 0 Å². The first-order valence-electron chi connectivity index (χ1n) is 7.52. The molecule has 2 aromatic carbocycles. The van der Waals surface area contributed by atoms with Gasteiger partial charge in [0.1, 0.15) is 11.8 Å². The molecule has 0 saturated carbocycles. The number of phenols is 1. The van der Waals surface area contributed by atoms with Gasteiger partial charge in [0, 0.05) is 17.7 Å². The van der Waals surface area contributed by atoms with E-state index < -0.39 is 12.0 Å². The molecule has 5 nitrogen and oxygen atoms in total. The molecule has 2 aromatic rings. The third kappa shape index (κ3) is 5.69. The first-order chi connectivity index (χ1) is 11.9. The Hall–Kier alpha value is -2.18. The van der Waals surface area contributed by atoms with E-state index in [0.717, 1.165) is 11.1 Å². The molecule has 1 amide bonds. The number of carbonyl (C=O) groups excluding carboxylic acids is 1. The lowest BCUT2D eigenvalue weighted by Crippen LogP contribution is -2.41. The summed E-state index contributed by atoms with van der Waals surface area (Å²) in [5, 5.41) is 21.6. The van der Waals surface area contributed by atoms with E-state index in [9.17, 15) is 19.8 Å². The normalized spacial score (nSPS) is 13.0. The molecule has 132 valence electrons. The minimum Gasteiger partial charge on any atom is -0.508 e. The molecule has 2 rings (SSSR count).